The molecule has 3 unspecified atom stereocenters. The summed E-state index contributed by atoms with van der Waals surface area (Å²) >= 11 is 3.79. The van der Waals surface area contributed by atoms with Crippen LogP contribution in [0.2, 0.25) is 0 Å². The number of fused-ring (bicyclic) bond motifs is 2. The second-order valence-corrected chi connectivity index (χ2v) is 14.5. The summed E-state index contributed by atoms with van der Waals surface area (Å²) in [6, 6.07) is 19.2. The van der Waals surface area contributed by atoms with Crippen molar-refractivity contribution in [2.45, 2.75) is 55.8 Å². The number of likely N-dealkylation sites (tertiary alicyclic amines) is 1. The maximum absolute atomic E-state index is 15.1. The van der Waals surface area contributed by atoms with E-state index in [1.54, 1.807) is 34.1 Å². The summed E-state index contributed by atoms with van der Waals surface area (Å²) in [6.07, 6.45) is 3.02. The molecule has 3 fully saturated rings. The molecule has 3 aromatic carbocycles. The Labute approximate surface area is 296 Å². The Morgan fingerprint density at radius 1 is 1.02 bits per heavy atom. The average Bonchev–Trinajstić information content (AvgIpc) is 3.69. The van der Waals surface area contributed by atoms with Crippen LogP contribution in [0.3, 0.4) is 0 Å². The molecule has 6 rings (SSSR count). The molecule has 0 aromatic heterocycles. The molecule has 10 heteroatoms. The van der Waals surface area contributed by atoms with Gasteiger partial charge in [0.2, 0.25) is 11.8 Å². The summed E-state index contributed by atoms with van der Waals surface area (Å²) in [5.74, 6) is -2.28. The molecule has 7 atom stereocenters. The van der Waals surface area contributed by atoms with E-state index in [0.717, 1.165) is 10.8 Å². The summed E-state index contributed by atoms with van der Waals surface area (Å²) < 4.78 is 12.4. The highest BCUT2D eigenvalue weighted by atomic mass is 79.9. The standard InChI is InChI=1S/C39H44BrN3O6/c1-6-19-41(27-15-17-29(18-16-27)48-8-3)36(45)32-33-37(46)43(31(23-44)24(4)5)35(39(33)22-30(40)34(32)49-39)38(47)42(20-7-2)28-14-13-25-11-9-10-12-26(25)21-28/h6-7,9-18,21,24,30-35,44H,1-2,8,19-20,22-23H2,3-5H3/t30?,31-,32-,33-,34-,35?,39?/m0/s1. The van der Waals surface area contributed by atoms with Crippen LogP contribution in [0.4, 0.5) is 11.4 Å². The number of ether oxygens (including phenoxy) is 2. The van der Waals surface area contributed by atoms with Crippen molar-refractivity contribution in [3.8, 4) is 5.75 Å². The fourth-order valence-corrected chi connectivity index (χ4v) is 9.01. The molecule has 1 spiro atoms. The van der Waals surface area contributed by atoms with Crippen LogP contribution in [-0.4, -0.2) is 82.6 Å². The number of hydrogen-bond acceptors (Lipinski definition) is 6. The lowest BCUT2D eigenvalue weighted by Gasteiger charge is -2.40. The second kappa shape index (κ2) is 14.1. The number of hydrogen-bond donors (Lipinski definition) is 1. The van der Waals surface area contributed by atoms with Crippen molar-refractivity contribution < 1.29 is 29.0 Å². The lowest BCUT2D eigenvalue weighted by Crippen LogP contribution is -2.60. The number of carbonyl (C=O) groups excluding carboxylic acids is 3. The molecule has 3 aliphatic heterocycles. The number of carbonyl (C=O) groups is 3. The summed E-state index contributed by atoms with van der Waals surface area (Å²) in [5, 5.41) is 12.7. The molecular weight excluding hydrogens is 686 g/mol. The fourth-order valence-electron chi connectivity index (χ4n) is 8.07. The minimum atomic E-state index is -1.30. The Morgan fingerprint density at radius 2 is 1.65 bits per heavy atom. The lowest BCUT2D eigenvalue weighted by molar-refractivity contribution is -0.145. The van der Waals surface area contributed by atoms with Crippen molar-refractivity contribution in [1.82, 2.24) is 4.90 Å². The Kier molecular flexibility index (Phi) is 10.0. The minimum absolute atomic E-state index is 0.180. The molecule has 1 N–H and O–H groups in total. The van der Waals surface area contributed by atoms with Gasteiger partial charge in [-0.3, -0.25) is 14.4 Å². The highest BCUT2D eigenvalue weighted by molar-refractivity contribution is 9.09. The highest BCUT2D eigenvalue weighted by Crippen LogP contribution is 2.61. The zero-order valence-electron chi connectivity index (χ0n) is 28.2. The van der Waals surface area contributed by atoms with Gasteiger partial charge in [0.15, 0.2) is 0 Å². The van der Waals surface area contributed by atoms with Gasteiger partial charge in [-0.15, -0.1) is 13.2 Å². The van der Waals surface area contributed by atoms with E-state index in [-0.39, 0.29) is 48.2 Å². The first-order valence-electron chi connectivity index (χ1n) is 16.9. The number of aliphatic hydroxyl groups is 1. The predicted octanol–water partition coefficient (Wildman–Crippen LogP) is 5.74. The first-order chi connectivity index (χ1) is 23.6. The second-order valence-electron chi connectivity index (χ2n) is 13.3. The van der Waals surface area contributed by atoms with Crippen molar-refractivity contribution in [2.24, 2.45) is 17.8 Å². The molecule has 0 radical (unpaired) electrons. The van der Waals surface area contributed by atoms with Crippen molar-refractivity contribution in [3.63, 3.8) is 0 Å². The Bertz CT molecular complexity index is 1750. The molecule has 9 nitrogen and oxygen atoms in total. The third-order valence-electron chi connectivity index (χ3n) is 10.2. The fraction of sp³-hybridized carbons (Fsp3) is 0.410. The molecule has 3 aromatic rings. The normalized spacial score (nSPS) is 26.1. The topological polar surface area (TPSA) is 99.6 Å². The van der Waals surface area contributed by atoms with E-state index in [1.807, 2.05) is 75.4 Å². The van der Waals surface area contributed by atoms with Gasteiger partial charge in [0.25, 0.3) is 5.91 Å². The zero-order valence-corrected chi connectivity index (χ0v) is 29.8. The van der Waals surface area contributed by atoms with Gasteiger partial charge in [-0.2, -0.15) is 0 Å². The maximum atomic E-state index is 15.1. The lowest BCUT2D eigenvalue weighted by atomic mass is 9.70. The van der Waals surface area contributed by atoms with E-state index in [4.69, 9.17) is 9.47 Å². The van der Waals surface area contributed by atoms with Crippen LogP contribution in [0.15, 0.2) is 92.0 Å². The number of alkyl halides is 1. The molecule has 3 saturated heterocycles. The van der Waals surface area contributed by atoms with E-state index in [0.29, 0.717) is 30.2 Å². The van der Waals surface area contributed by atoms with Gasteiger partial charge < -0.3 is 29.3 Å². The molecular formula is C39H44BrN3O6. The third kappa shape index (κ3) is 5.87. The van der Waals surface area contributed by atoms with Crippen LogP contribution >= 0.6 is 15.9 Å². The summed E-state index contributed by atoms with van der Waals surface area (Å²) in [6.45, 7) is 14.1. The number of rotatable bonds is 13. The van der Waals surface area contributed by atoms with Gasteiger partial charge in [-0.1, -0.05) is 72.3 Å². The smallest absolute Gasteiger partial charge is 0.253 e. The molecule has 3 heterocycles. The zero-order chi connectivity index (χ0) is 35.0. The van der Waals surface area contributed by atoms with Crippen LogP contribution in [0.5, 0.6) is 5.75 Å². The molecule has 258 valence electrons. The first-order valence-corrected chi connectivity index (χ1v) is 17.8. The third-order valence-corrected chi connectivity index (χ3v) is 11.1. The van der Waals surface area contributed by atoms with Crippen molar-refractivity contribution in [3.05, 3.63) is 92.0 Å². The van der Waals surface area contributed by atoms with Gasteiger partial charge in [-0.05, 0) is 66.4 Å². The van der Waals surface area contributed by atoms with Crippen LogP contribution in [0.1, 0.15) is 27.2 Å². The predicted molar refractivity (Wildman–Crippen MR) is 195 cm³/mol. The summed E-state index contributed by atoms with van der Waals surface area (Å²) in [4.78, 5) is 49.2. The number of anilines is 2. The first kappa shape index (κ1) is 34.9. The molecule has 2 bridgehead atoms. The molecule has 3 amide bonds. The molecule has 3 aliphatic rings. The van der Waals surface area contributed by atoms with Crippen LogP contribution < -0.4 is 14.5 Å². The Balaban J connectivity index is 1.44. The van der Waals surface area contributed by atoms with Gasteiger partial charge in [0.1, 0.15) is 17.4 Å². The van der Waals surface area contributed by atoms with Crippen molar-refractivity contribution >= 4 is 55.8 Å². The number of amides is 3. The molecule has 0 saturated carbocycles. The van der Waals surface area contributed by atoms with E-state index >= 15 is 4.79 Å². The van der Waals surface area contributed by atoms with Crippen molar-refractivity contribution in [2.75, 3.05) is 36.1 Å². The van der Waals surface area contributed by atoms with E-state index in [2.05, 4.69) is 29.1 Å². The summed E-state index contributed by atoms with van der Waals surface area (Å²) in [7, 11) is 0. The number of nitrogens with zero attached hydrogens (tertiary/aromatic N) is 3. The monoisotopic (exact) mass is 729 g/mol. The Hall–Kier alpha value is -3.99. The van der Waals surface area contributed by atoms with Gasteiger partial charge in [-0.25, -0.2) is 0 Å². The quantitative estimate of drug-likeness (QED) is 0.178. The van der Waals surface area contributed by atoms with E-state index in [1.165, 1.54) is 4.90 Å². The summed E-state index contributed by atoms with van der Waals surface area (Å²) in [5.41, 5.74) is -0.0100. The average molecular weight is 731 g/mol. The highest BCUT2D eigenvalue weighted by Gasteiger charge is 2.77. The van der Waals surface area contributed by atoms with Gasteiger partial charge >= 0.3 is 0 Å². The molecule has 0 aliphatic carbocycles. The SMILES string of the molecule is C=CCN(C(=O)C1N([C@@H](CO)C(C)C)C(=O)[C@@H]2[C@H](C(=O)N(CC=C)c3ccc(OCC)cc3)[C@H]3OC12CC3Br)c1ccc2ccccc2c1. The largest absolute Gasteiger partial charge is 0.494 e. The number of aliphatic hydroxyl groups excluding tert-OH is 1. The van der Waals surface area contributed by atoms with Gasteiger partial charge in [0, 0.05) is 29.3 Å². The minimum Gasteiger partial charge on any atom is -0.494 e. The van der Waals surface area contributed by atoms with Gasteiger partial charge in [0.05, 0.1) is 37.2 Å². The van der Waals surface area contributed by atoms with E-state index in [9.17, 15) is 14.7 Å². The van der Waals surface area contributed by atoms with Crippen LogP contribution in [0, 0.1) is 17.8 Å². The Morgan fingerprint density at radius 3 is 2.27 bits per heavy atom. The maximum Gasteiger partial charge on any atom is 0.253 e. The van der Waals surface area contributed by atoms with Crippen LogP contribution in [-0.2, 0) is 19.1 Å². The van der Waals surface area contributed by atoms with Crippen molar-refractivity contribution in [1.29, 1.82) is 0 Å². The number of halogens is 1. The molecule has 49 heavy (non-hydrogen) atoms. The van der Waals surface area contributed by atoms with E-state index < -0.39 is 35.6 Å². The van der Waals surface area contributed by atoms with Crippen LogP contribution in [0.25, 0.3) is 10.8 Å². The number of benzene rings is 3.